The Hall–Kier alpha value is -2.06. The Labute approximate surface area is 93.1 Å². The van der Waals surface area contributed by atoms with Crippen LogP contribution in [-0.4, -0.2) is 29.7 Å². The summed E-state index contributed by atoms with van der Waals surface area (Å²) in [4.78, 5) is 21.5. The van der Waals surface area contributed by atoms with Crippen LogP contribution >= 0.6 is 0 Å². The van der Waals surface area contributed by atoms with E-state index in [1.165, 1.54) is 11.4 Å². The number of hydrogen-bond acceptors (Lipinski definition) is 4. The lowest BCUT2D eigenvalue weighted by Crippen LogP contribution is -2.41. The third-order valence-corrected chi connectivity index (χ3v) is 1.56. The number of nitrogens with one attached hydrogen (secondary N) is 2. The second-order valence-corrected chi connectivity index (χ2v) is 3.05. The molecule has 0 fully saturated rings. The third kappa shape index (κ3) is 4.13. The highest BCUT2D eigenvalue weighted by molar-refractivity contribution is 5.94. The number of anilines is 1. The first-order valence-electron chi connectivity index (χ1n) is 4.37. The SMILES string of the molecule is Cc1cc(NC(=O)CNC(=O)C(F)(F)F)no1. The highest BCUT2D eigenvalue weighted by Gasteiger charge is 2.38. The molecule has 0 radical (unpaired) electrons. The first-order chi connectivity index (χ1) is 7.79. The molecule has 2 amide bonds. The lowest BCUT2D eigenvalue weighted by molar-refractivity contribution is -0.173. The van der Waals surface area contributed by atoms with E-state index in [1.54, 1.807) is 6.92 Å². The van der Waals surface area contributed by atoms with Crippen molar-refractivity contribution in [1.82, 2.24) is 10.5 Å². The number of hydrogen-bond donors (Lipinski definition) is 2. The maximum atomic E-state index is 11.8. The van der Waals surface area contributed by atoms with Gasteiger partial charge in [-0.05, 0) is 6.92 Å². The number of aryl methyl sites for hydroxylation is 1. The summed E-state index contributed by atoms with van der Waals surface area (Å²) < 4.78 is 39.9. The predicted molar refractivity (Wildman–Crippen MR) is 48.9 cm³/mol. The van der Waals surface area contributed by atoms with Crippen molar-refractivity contribution in [3.8, 4) is 0 Å². The summed E-state index contributed by atoms with van der Waals surface area (Å²) in [6.45, 7) is 0.776. The zero-order valence-corrected chi connectivity index (χ0v) is 8.59. The van der Waals surface area contributed by atoms with Crippen LogP contribution in [0.3, 0.4) is 0 Å². The van der Waals surface area contributed by atoms with Crippen molar-refractivity contribution >= 4 is 17.6 Å². The van der Waals surface area contributed by atoms with Gasteiger partial charge in [0, 0.05) is 6.07 Å². The average molecular weight is 251 g/mol. The van der Waals surface area contributed by atoms with Crippen LogP contribution in [-0.2, 0) is 9.59 Å². The van der Waals surface area contributed by atoms with Crippen molar-refractivity contribution in [3.05, 3.63) is 11.8 Å². The van der Waals surface area contributed by atoms with E-state index in [0.717, 1.165) is 0 Å². The summed E-state index contributed by atoms with van der Waals surface area (Å²) in [5, 5.41) is 6.95. The largest absolute Gasteiger partial charge is 0.471 e. The molecule has 0 spiro atoms. The van der Waals surface area contributed by atoms with Gasteiger partial charge in [0.1, 0.15) is 5.76 Å². The van der Waals surface area contributed by atoms with Crippen molar-refractivity contribution in [2.24, 2.45) is 0 Å². The molecule has 1 aromatic heterocycles. The van der Waals surface area contributed by atoms with Crippen molar-refractivity contribution in [1.29, 1.82) is 0 Å². The number of nitrogens with zero attached hydrogens (tertiary/aromatic N) is 1. The molecule has 0 bridgehead atoms. The Balaban J connectivity index is 2.39. The van der Waals surface area contributed by atoms with E-state index < -0.39 is 24.5 Å². The number of carbonyl (C=O) groups excluding carboxylic acids is 2. The van der Waals surface area contributed by atoms with Gasteiger partial charge >= 0.3 is 12.1 Å². The lowest BCUT2D eigenvalue weighted by Gasteiger charge is -2.06. The minimum Gasteiger partial charge on any atom is -0.360 e. The molecule has 94 valence electrons. The zero-order chi connectivity index (χ0) is 13.1. The summed E-state index contributed by atoms with van der Waals surface area (Å²) in [5.41, 5.74) is 0. The van der Waals surface area contributed by atoms with Gasteiger partial charge in [-0.25, -0.2) is 0 Å². The van der Waals surface area contributed by atoms with Crippen LogP contribution in [0.25, 0.3) is 0 Å². The molecule has 0 atom stereocenters. The number of carbonyl (C=O) groups is 2. The number of halogens is 3. The second kappa shape index (κ2) is 4.85. The zero-order valence-electron chi connectivity index (χ0n) is 8.59. The maximum absolute atomic E-state index is 11.8. The van der Waals surface area contributed by atoms with Crippen LogP contribution in [0.15, 0.2) is 10.6 Å². The smallest absolute Gasteiger partial charge is 0.360 e. The third-order valence-electron chi connectivity index (χ3n) is 1.56. The number of aromatic nitrogens is 1. The Kier molecular flexibility index (Phi) is 3.71. The fraction of sp³-hybridized carbons (Fsp3) is 0.375. The summed E-state index contributed by atoms with van der Waals surface area (Å²) in [7, 11) is 0. The topological polar surface area (TPSA) is 84.2 Å². The molecule has 0 aliphatic carbocycles. The van der Waals surface area contributed by atoms with Gasteiger partial charge in [-0.2, -0.15) is 13.2 Å². The van der Waals surface area contributed by atoms with Gasteiger partial charge in [-0.1, -0.05) is 5.16 Å². The molecule has 0 saturated carbocycles. The van der Waals surface area contributed by atoms with E-state index >= 15 is 0 Å². The summed E-state index contributed by atoms with van der Waals surface area (Å²) in [5.74, 6) is -2.52. The fourth-order valence-electron chi connectivity index (χ4n) is 0.873. The van der Waals surface area contributed by atoms with E-state index in [-0.39, 0.29) is 5.82 Å². The fourth-order valence-corrected chi connectivity index (χ4v) is 0.873. The van der Waals surface area contributed by atoms with Gasteiger partial charge in [0.25, 0.3) is 0 Å². The van der Waals surface area contributed by atoms with Crippen LogP contribution < -0.4 is 10.6 Å². The summed E-state index contributed by atoms with van der Waals surface area (Å²) in [6, 6.07) is 1.38. The molecule has 1 heterocycles. The molecule has 17 heavy (non-hydrogen) atoms. The molecule has 0 aromatic carbocycles. The van der Waals surface area contributed by atoms with Crippen LogP contribution in [0.5, 0.6) is 0 Å². The Bertz CT molecular complexity index is 427. The number of amides is 2. The van der Waals surface area contributed by atoms with Gasteiger partial charge in [0.05, 0.1) is 6.54 Å². The van der Waals surface area contributed by atoms with Gasteiger partial charge in [-0.15, -0.1) is 0 Å². The van der Waals surface area contributed by atoms with Crippen molar-refractivity contribution in [2.75, 3.05) is 11.9 Å². The Morgan fingerprint density at radius 1 is 1.47 bits per heavy atom. The normalized spacial score (nSPS) is 11.1. The molecule has 1 aromatic rings. The first kappa shape index (κ1) is 13.0. The Morgan fingerprint density at radius 2 is 2.12 bits per heavy atom. The first-order valence-corrected chi connectivity index (χ1v) is 4.37. The molecule has 0 aliphatic heterocycles. The molecule has 6 nitrogen and oxygen atoms in total. The average Bonchev–Trinajstić information content (AvgIpc) is 2.58. The standard InChI is InChI=1S/C8H8F3N3O3/c1-4-2-5(14-17-4)13-6(15)3-12-7(16)8(9,10)11/h2H,3H2,1H3,(H,12,16)(H,13,14,15). The van der Waals surface area contributed by atoms with Crippen molar-refractivity contribution < 1.29 is 27.3 Å². The molecule has 0 saturated heterocycles. The second-order valence-electron chi connectivity index (χ2n) is 3.05. The maximum Gasteiger partial charge on any atom is 0.471 e. The highest BCUT2D eigenvalue weighted by Crippen LogP contribution is 2.13. The van der Waals surface area contributed by atoms with E-state index in [0.29, 0.717) is 5.76 Å². The Morgan fingerprint density at radius 3 is 2.59 bits per heavy atom. The minimum atomic E-state index is -5.01. The molecule has 2 N–H and O–H groups in total. The molecular formula is C8H8F3N3O3. The molecule has 0 aliphatic rings. The summed E-state index contributed by atoms with van der Waals surface area (Å²) >= 11 is 0. The van der Waals surface area contributed by atoms with Crippen LogP contribution in [0.1, 0.15) is 5.76 Å². The van der Waals surface area contributed by atoms with Gasteiger partial charge in [0.15, 0.2) is 5.82 Å². The van der Waals surface area contributed by atoms with Gasteiger partial charge in [-0.3, -0.25) is 9.59 Å². The molecule has 9 heteroatoms. The number of rotatable bonds is 3. The molecular weight excluding hydrogens is 243 g/mol. The summed E-state index contributed by atoms with van der Waals surface area (Å²) in [6.07, 6.45) is -5.01. The van der Waals surface area contributed by atoms with E-state index in [1.807, 2.05) is 0 Å². The quantitative estimate of drug-likeness (QED) is 0.823. The van der Waals surface area contributed by atoms with Gasteiger partial charge < -0.3 is 15.2 Å². The molecule has 0 unspecified atom stereocenters. The lowest BCUT2D eigenvalue weighted by atomic mass is 10.4. The van der Waals surface area contributed by atoms with E-state index in [9.17, 15) is 22.8 Å². The van der Waals surface area contributed by atoms with Crippen LogP contribution in [0.4, 0.5) is 19.0 Å². The van der Waals surface area contributed by atoms with Crippen LogP contribution in [0.2, 0.25) is 0 Å². The van der Waals surface area contributed by atoms with E-state index in [4.69, 9.17) is 0 Å². The molecule has 1 rings (SSSR count). The van der Waals surface area contributed by atoms with Crippen molar-refractivity contribution in [2.45, 2.75) is 13.1 Å². The predicted octanol–water partition coefficient (Wildman–Crippen LogP) is 0.600. The number of alkyl halides is 3. The highest BCUT2D eigenvalue weighted by atomic mass is 19.4. The van der Waals surface area contributed by atoms with Crippen LogP contribution in [0, 0.1) is 6.92 Å². The minimum absolute atomic E-state index is 0.0637. The monoisotopic (exact) mass is 251 g/mol. The van der Waals surface area contributed by atoms with Crippen molar-refractivity contribution in [3.63, 3.8) is 0 Å². The van der Waals surface area contributed by atoms with Gasteiger partial charge in [0.2, 0.25) is 5.91 Å². The van der Waals surface area contributed by atoms with E-state index in [2.05, 4.69) is 15.0 Å².